The number of urea groups is 1. The minimum atomic E-state index is -1.30. The second kappa shape index (κ2) is 9.47. The SMILES string of the molecule is C[C@H](CCc1ccccc1)NC(=O)N[C@@H](Cc1ccccc1)C(=O)[O-]. The zero-order valence-electron chi connectivity index (χ0n) is 14.3. The number of hydrogen-bond acceptors (Lipinski definition) is 3. The summed E-state index contributed by atoms with van der Waals surface area (Å²) in [6.45, 7) is 1.90. The average Bonchev–Trinajstić information content (AvgIpc) is 2.61. The highest BCUT2D eigenvalue weighted by molar-refractivity contribution is 5.81. The van der Waals surface area contributed by atoms with Crippen molar-refractivity contribution >= 4 is 12.0 Å². The monoisotopic (exact) mass is 339 g/mol. The lowest BCUT2D eigenvalue weighted by Gasteiger charge is -2.22. The topological polar surface area (TPSA) is 81.3 Å². The molecule has 132 valence electrons. The number of nitrogens with one attached hydrogen (secondary N) is 2. The van der Waals surface area contributed by atoms with Crippen LogP contribution < -0.4 is 15.7 Å². The van der Waals surface area contributed by atoms with E-state index in [-0.39, 0.29) is 12.5 Å². The minimum absolute atomic E-state index is 0.0701. The van der Waals surface area contributed by atoms with Crippen molar-refractivity contribution in [3.63, 3.8) is 0 Å². The number of hydrogen-bond donors (Lipinski definition) is 2. The molecule has 0 saturated heterocycles. The largest absolute Gasteiger partial charge is 0.548 e. The van der Waals surface area contributed by atoms with E-state index in [1.807, 2.05) is 67.6 Å². The molecule has 0 aliphatic heterocycles. The van der Waals surface area contributed by atoms with Crippen LogP contribution >= 0.6 is 0 Å². The molecule has 2 amide bonds. The van der Waals surface area contributed by atoms with E-state index in [9.17, 15) is 14.7 Å². The number of benzene rings is 2. The fourth-order valence-corrected chi connectivity index (χ4v) is 2.57. The summed E-state index contributed by atoms with van der Waals surface area (Å²) in [5.74, 6) is -1.30. The maximum atomic E-state index is 12.1. The van der Waals surface area contributed by atoms with Gasteiger partial charge >= 0.3 is 6.03 Å². The molecule has 0 heterocycles. The predicted molar refractivity (Wildman–Crippen MR) is 94.8 cm³/mol. The Balaban J connectivity index is 1.81. The van der Waals surface area contributed by atoms with Crippen molar-refractivity contribution in [2.24, 2.45) is 0 Å². The summed E-state index contributed by atoms with van der Waals surface area (Å²) < 4.78 is 0. The molecule has 5 heteroatoms. The highest BCUT2D eigenvalue weighted by Gasteiger charge is 2.15. The second-order valence-corrected chi connectivity index (χ2v) is 6.10. The summed E-state index contributed by atoms with van der Waals surface area (Å²) >= 11 is 0. The molecule has 0 unspecified atom stereocenters. The summed E-state index contributed by atoms with van der Waals surface area (Å²) in [6.07, 6.45) is 1.80. The van der Waals surface area contributed by atoms with Crippen LogP contribution in [0, 0.1) is 0 Å². The molecule has 0 aliphatic rings. The smallest absolute Gasteiger partial charge is 0.315 e. The standard InChI is InChI=1S/C20H24N2O3/c1-15(12-13-16-8-4-2-5-9-16)21-20(25)22-18(19(23)24)14-17-10-6-3-7-11-17/h2-11,15,18H,12-14H2,1H3,(H,23,24)(H2,21,22,25)/p-1/t15-,18+/m1/s1. The minimum Gasteiger partial charge on any atom is -0.548 e. The van der Waals surface area contributed by atoms with Crippen molar-refractivity contribution in [3.05, 3.63) is 71.8 Å². The molecule has 2 N–H and O–H groups in total. The Labute approximate surface area is 148 Å². The Bertz CT molecular complexity index is 674. The Kier molecular flexibility index (Phi) is 7.01. The molecule has 2 rings (SSSR count). The van der Waals surface area contributed by atoms with Crippen LogP contribution in [0.25, 0.3) is 0 Å². The highest BCUT2D eigenvalue weighted by Crippen LogP contribution is 2.05. The van der Waals surface area contributed by atoms with Gasteiger partial charge < -0.3 is 20.5 Å². The van der Waals surface area contributed by atoms with Crippen LogP contribution in [-0.4, -0.2) is 24.1 Å². The van der Waals surface area contributed by atoms with Crippen molar-refractivity contribution < 1.29 is 14.7 Å². The van der Waals surface area contributed by atoms with Crippen LogP contribution in [0.3, 0.4) is 0 Å². The number of carbonyl (C=O) groups excluding carboxylic acids is 2. The summed E-state index contributed by atoms with van der Waals surface area (Å²) in [7, 11) is 0. The summed E-state index contributed by atoms with van der Waals surface area (Å²) in [6, 6.07) is 17.5. The third kappa shape index (κ3) is 6.67. The van der Waals surface area contributed by atoms with Gasteiger partial charge in [-0.1, -0.05) is 60.7 Å². The van der Waals surface area contributed by atoms with Gasteiger partial charge in [-0.3, -0.25) is 0 Å². The lowest BCUT2D eigenvalue weighted by molar-refractivity contribution is -0.308. The lowest BCUT2D eigenvalue weighted by Crippen LogP contribution is -2.53. The zero-order valence-corrected chi connectivity index (χ0v) is 14.3. The first-order valence-electron chi connectivity index (χ1n) is 8.40. The van der Waals surface area contributed by atoms with Gasteiger partial charge in [-0.2, -0.15) is 0 Å². The van der Waals surface area contributed by atoms with Crippen LogP contribution in [-0.2, 0) is 17.6 Å². The molecular weight excluding hydrogens is 316 g/mol. The van der Waals surface area contributed by atoms with E-state index in [0.717, 1.165) is 18.4 Å². The van der Waals surface area contributed by atoms with Gasteiger partial charge in [0.15, 0.2) is 0 Å². The molecule has 25 heavy (non-hydrogen) atoms. The Morgan fingerprint density at radius 1 is 0.920 bits per heavy atom. The number of aryl methyl sites for hydroxylation is 1. The van der Waals surface area contributed by atoms with Gasteiger partial charge in [-0.15, -0.1) is 0 Å². The van der Waals surface area contributed by atoms with Crippen molar-refractivity contribution in [1.29, 1.82) is 0 Å². The Morgan fingerprint density at radius 2 is 1.48 bits per heavy atom. The molecule has 2 atom stereocenters. The van der Waals surface area contributed by atoms with Gasteiger partial charge in [-0.25, -0.2) is 4.79 Å². The molecular formula is C20H23N2O3-. The highest BCUT2D eigenvalue weighted by atomic mass is 16.4. The summed E-state index contributed by atoms with van der Waals surface area (Å²) in [4.78, 5) is 23.3. The van der Waals surface area contributed by atoms with Crippen molar-refractivity contribution in [1.82, 2.24) is 10.6 Å². The molecule has 0 radical (unpaired) electrons. The summed E-state index contributed by atoms with van der Waals surface area (Å²) in [5.41, 5.74) is 2.03. The third-order valence-corrected chi connectivity index (χ3v) is 3.96. The molecule has 0 aliphatic carbocycles. The predicted octanol–water partition coefficient (Wildman–Crippen LogP) is 1.67. The van der Waals surface area contributed by atoms with Gasteiger partial charge in [0, 0.05) is 6.04 Å². The van der Waals surface area contributed by atoms with Gasteiger partial charge in [0.25, 0.3) is 0 Å². The third-order valence-electron chi connectivity index (χ3n) is 3.96. The van der Waals surface area contributed by atoms with Gasteiger partial charge in [-0.05, 0) is 37.3 Å². The van der Waals surface area contributed by atoms with E-state index < -0.39 is 18.0 Å². The Hall–Kier alpha value is -2.82. The number of carbonyl (C=O) groups is 2. The molecule has 2 aromatic carbocycles. The van der Waals surface area contributed by atoms with Gasteiger partial charge in [0.2, 0.25) is 0 Å². The lowest BCUT2D eigenvalue weighted by atomic mass is 10.1. The van der Waals surface area contributed by atoms with Gasteiger partial charge in [0.1, 0.15) is 0 Å². The molecule has 0 aromatic heterocycles. The molecule has 0 fully saturated rings. The maximum Gasteiger partial charge on any atom is 0.315 e. The van der Waals surface area contributed by atoms with E-state index in [0.29, 0.717) is 0 Å². The van der Waals surface area contributed by atoms with E-state index >= 15 is 0 Å². The first-order chi connectivity index (χ1) is 12.0. The van der Waals surface area contributed by atoms with Gasteiger partial charge in [0.05, 0.1) is 12.0 Å². The number of carboxylic acid groups (broad SMARTS) is 1. The fourth-order valence-electron chi connectivity index (χ4n) is 2.57. The molecule has 0 bridgehead atoms. The Morgan fingerprint density at radius 3 is 2.04 bits per heavy atom. The van der Waals surface area contributed by atoms with E-state index in [1.54, 1.807) is 0 Å². The summed E-state index contributed by atoms with van der Waals surface area (Å²) in [5, 5.41) is 16.5. The van der Waals surface area contributed by atoms with Crippen LogP contribution in [0.4, 0.5) is 4.79 Å². The number of rotatable bonds is 8. The molecule has 0 spiro atoms. The normalized spacial score (nSPS) is 12.8. The van der Waals surface area contributed by atoms with E-state index in [4.69, 9.17) is 0 Å². The number of aliphatic carboxylic acids is 1. The first kappa shape index (κ1) is 18.5. The quantitative estimate of drug-likeness (QED) is 0.767. The van der Waals surface area contributed by atoms with E-state index in [1.165, 1.54) is 5.56 Å². The van der Waals surface area contributed by atoms with Crippen molar-refractivity contribution in [3.8, 4) is 0 Å². The van der Waals surface area contributed by atoms with Crippen LogP contribution in [0.1, 0.15) is 24.5 Å². The van der Waals surface area contributed by atoms with Crippen molar-refractivity contribution in [2.75, 3.05) is 0 Å². The zero-order chi connectivity index (χ0) is 18.1. The number of carboxylic acids is 1. The molecule has 2 aromatic rings. The molecule has 0 saturated carbocycles. The fraction of sp³-hybridized carbons (Fsp3) is 0.300. The maximum absolute atomic E-state index is 12.1. The second-order valence-electron chi connectivity index (χ2n) is 6.10. The van der Waals surface area contributed by atoms with Crippen LogP contribution in [0.5, 0.6) is 0 Å². The van der Waals surface area contributed by atoms with Crippen LogP contribution in [0.2, 0.25) is 0 Å². The first-order valence-corrected chi connectivity index (χ1v) is 8.40. The van der Waals surface area contributed by atoms with Crippen molar-refractivity contribution in [2.45, 2.75) is 38.3 Å². The van der Waals surface area contributed by atoms with E-state index in [2.05, 4.69) is 10.6 Å². The average molecular weight is 339 g/mol. The number of amides is 2. The van der Waals surface area contributed by atoms with Crippen LogP contribution in [0.15, 0.2) is 60.7 Å². The molecule has 5 nitrogen and oxygen atoms in total.